The zero-order valence-electron chi connectivity index (χ0n) is 17.0. The minimum Gasteiger partial charge on any atom is -0.370 e. The Morgan fingerprint density at radius 3 is 2.71 bits per heavy atom. The van der Waals surface area contributed by atoms with Gasteiger partial charge in [-0.3, -0.25) is 15.2 Å². The third-order valence-corrected chi connectivity index (χ3v) is 4.63. The Bertz CT molecular complexity index is 1050. The Labute approximate surface area is 177 Å². The van der Waals surface area contributed by atoms with Gasteiger partial charge in [0.2, 0.25) is 0 Å². The lowest BCUT2D eigenvalue weighted by molar-refractivity contribution is -0.137. The highest BCUT2D eigenvalue weighted by Crippen LogP contribution is 2.35. The number of hydrogen-bond acceptors (Lipinski definition) is 5. The van der Waals surface area contributed by atoms with Crippen LogP contribution in [0.1, 0.15) is 12.5 Å². The summed E-state index contributed by atoms with van der Waals surface area (Å²) in [6, 6.07) is 7.82. The number of nitrogens with zero attached hydrogens (tertiary/aromatic N) is 5. The van der Waals surface area contributed by atoms with E-state index in [1.807, 2.05) is 11.9 Å². The van der Waals surface area contributed by atoms with Crippen molar-refractivity contribution in [1.82, 2.24) is 10.3 Å². The molecule has 0 atom stereocenters. The topological polar surface area (TPSA) is 73.2 Å². The Morgan fingerprint density at radius 1 is 1.26 bits per heavy atom. The van der Waals surface area contributed by atoms with Crippen molar-refractivity contribution in [2.75, 3.05) is 29.9 Å². The van der Waals surface area contributed by atoms with Crippen LogP contribution in [0.25, 0.3) is 11.3 Å². The van der Waals surface area contributed by atoms with E-state index in [0.29, 0.717) is 35.9 Å². The van der Waals surface area contributed by atoms with Gasteiger partial charge in [0.05, 0.1) is 23.1 Å². The van der Waals surface area contributed by atoms with Gasteiger partial charge in [0.1, 0.15) is 0 Å². The van der Waals surface area contributed by atoms with Crippen LogP contribution in [0, 0.1) is 0 Å². The number of nitrogens with one attached hydrogen (secondary N) is 1. The number of hydrogen-bond donors (Lipinski definition) is 1. The summed E-state index contributed by atoms with van der Waals surface area (Å²) in [6.45, 7) is 5.93. The van der Waals surface area contributed by atoms with E-state index in [1.165, 1.54) is 23.4 Å². The van der Waals surface area contributed by atoms with E-state index in [4.69, 9.17) is 0 Å². The zero-order chi connectivity index (χ0) is 22.6. The summed E-state index contributed by atoms with van der Waals surface area (Å²) in [5.41, 5.74) is 0.551. The average molecular weight is 430 g/mol. The molecule has 2 heterocycles. The first-order chi connectivity index (χ1) is 14.7. The number of halogens is 3. The molecule has 1 aliphatic rings. The van der Waals surface area contributed by atoms with Crippen molar-refractivity contribution in [3.05, 3.63) is 54.0 Å². The monoisotopic (exact) mass is 430 g/mol. The molecular weight excluding hydrogens is 409 g/mol. The summed E-state index contributed by atoms with van der Waals surface area (Å²) in [4.78, 5) is 28.4. The van der Waals surface area contributed by atoms with Crippen LogP contribution >= 0.6 is 0 Å². The van der Waals surface area contributed by atoms with E-state index in [0.717, 1.165) is 12.1 Å². The van der Waals surface area contributed by atoms with Crippen molar-refractivity contribution in [3.63, 3.8) is 0 Å². The Balaban J connectivity index is 1.99. The normalized spacial score (nSPS) is 14.5. The molecule has 0 radical (unpaired) electrons. The van der Waals surface area contributed by atoms with Gasteiger partial charge in [-0.1, -0.05) is 12.1 Å². The minimum atomic E-state index is -4.46. The first-order valence-corrected chi connectivity index (χ1v) is 9.37. The number of aliphatic imine (C=N–C) groups is 2. The Morgan fingerprint density at radius 2 is 2.03 bits per heavy atom. The number of anilines is 2. The van der Waals surface area contributed by atoms with Gasteiger partial charge < -0.3 is 4.90 Å². The maximum absolute atomic E-state index is 13.1. The van der Waals surface area contributed by atoms with E-state index in [1.54, 1.807) is 25.1 Å². The van der Waals surface area contributed by atoms with Crippen LogP contribution < -0.4 is 15.1 Å². The highest BCUT2D eigenvalue weighted by atomic mass is 19.4. The van der Waals surface area contributed by atoms with Crippen molar-refractivity contribution in [2.45, 2.75) is 13.1 Å². The smallest absolute Gasteiger partial charge is 0.370 e. The SMILES string of the molecule is C=N/C=C(\N=CC)NC(=O)N1CCN(C)c2ccc(-c3cccc(C(F)(F)F)c3)nc21. The minimum absolute atomic E-state index is 0.206. The average Bonchev–Trinajstić information content (AvgIpc) is 2.73. The second kappa shape index (κ2) is 8.99. The standard InChI is InChI=1S/C21H21F3N6O/c1-4-26-18(13-25-2)28-20(31)30-11-10-29(3)17-9-8-16(27-19(17)30)14-6-5-7-15(12-14)21(22,23)24/h4-9,12-13H,2,10-11H2,1,3H3,(H,28,31)/b18-13+,26-4?. The lowest BCUT2D eigenvalue weighted by Crippen LogP contribution is -2.47. The van der Waals surface area contributed by atoms with Gasteiger partial charge in [-0.15, -0.1) is 0 Å². The molecule has 0 spiro atoms. The first-order valence-electron chi connectivity index (χ1n) is 9.37. The number of alkyl halides is 3. The highest BCUT2D eigenvalue weighted by molar-refractivity contribution is 5.96. The van der Waals surface area contributed by atoms with Crippen LogP contribution in [-0.4, -0.2) is 44.1 Å². The summed E-state index contributed by atoms with van der Waals surface area (Å²) < 4.78 is 39.3. The van der Waals surface area contributed by atoms with Crippen LogP contribution in [0.3, 0.4) is 0 Å². The summed E-state index contributed by atoms with van der Waals surface area (Å²) in [6.07, 6.45) is -1.65. The fourth-order valence-electron chi connectivity index (χ4n) is 3.13. The number of pyridine rings is 1. The molecule has 0 aliphatic carbocycles. The molecule has 0 bridgehead atoms. The molecular formula is C21H21F3N6O. The van der Waals surface area contributed by atoms with Gasteiger partial charge in [0, 0.05) is 31.9 Å². The number of rotatable bonds is 4. The largest absolute Gasteiger partial charge is 0.416 e. The molecule has 1 aromatic heterocycles. The lowest BCUT2D eigenvalue weighted by Gasteiger charge is -2.34. The molecule has 0 saturated heterocycles. The van der Waals surface area contributed by atoms with Crippen LogP contribution in [0.5, 0.6) is 0 Å². The lowest BCUT2D eigenvalue weighted by atomic mass is 10.1. The molecule has 0 fully saturated rings. The van der Waals surface area contributed by atoms with Gasteiger partial charge >= 0.3 is 12.2 Å². The van der Waals surface area contributed by atoms with Crippen molar-refractivity contribution < 1.29 is 18.0 Å². The predicted octanol–water partition coefficient (Wildman–Crippen LogP) is 4.32. The number of benzene rings is 1. The van der Waals surface area contributed by atoms with Gasteiger partial charge in [0.15, 0.2) is 11.6 Å². The third-order valence-electron chi connectivity index (χ3n) is 4.63. The van der Waals surface area contributed by atoms with Crippen LogP contribution in [0.4, 0.5) is 29.5 Å². The first kappa shape index (κ1) is 22.0. The molecule has 10 heteroatoms. The van der Waals surface area contributed by atoms with E-state index in [9.17, 15) is 18.0 Å². The van der Waals surface area contributed by atoms with E-state index >= 15 is 0 Å². The van der Waals surface area contributed by atoms with E-state index in [2.05, 4.69) is 27.0 Å². The predicted molar refractivity (Wildman–Crippen MR) is 116 cm³/mol. The number of amides is 2. The maximum Gasteiger partial charge on any atom is 0.416 e. The molecule has 1 aliphatic heterocycles. The van der Waals surface area contributed by atoms with Crippen LogP contribution in [-0.2, 0) is 6.18 Å². The Hall–Kier alpha value is -3.69. The number of carbonyl (C=O) groups excluding carboxylic acids is 1. The molecule has 31 heavy (non-hydrogen) atoms. The molecule has 0 unspecified atom stereocenters. The van der Waals surface area contributed by atoms with Crippen molar-refractivity contribution in [1.29, 1.82) is 0 Å². The zero-order valence-corrected chi connectivity index (χ0v) is 17.0. The second-order valence-corrected chi connectivity index (χ2v) is 6.71. The van der Waals surface area contributed by atoms with Crippen LogP contribution in [0.2, 0.25) is 0 Å². The van der Waals surface area contributed by atoms with Crippen molar-refractivity contribution >= 4 is 30.5 Å². The van der Waals surface area contributed by atoms with Crippen LogP contribution in [0.15, 0.2) is 58.4 Å². The Kier molecular flexibility index (Phi) is 6.38. The molecule has 1 aromatic carbocycles. The van der Waals surface area contributed by atoms with Gasteiger partial charge in [0.25, 0.3) is 0 Å². The van der Waals surface area contributed by atoms with Crippen molar-refractivity contribution in [3.8, 4) is 11.3 Å². The summed E-state index contributed by atoms with van der Waals surface area (Å²) in [7, 11) is 1.86. The highest BCUT2D eigenvalue weighted by Gasteiger charge is 2.31. The number of aromatic nitrogens is 1. The summed E-state index contributed by atoms with van der Waals surface area (Å²) >= 11 is 0. The molecule has 1 N–H and O–H groups in total. The van der Waals surface area contributed by atoms with E-state index in [-0.39, 0.29) is 5.82 Å². The third kappa shape index (κ3) is 4.90. The molecule has 2 aromatic rings. The number of carbonyl (C=O) groups is 1. The molecule has 2 amide bonds. The fourth-order valence-corrected chi connectivity index (χ4v) is 3.13. The number of fused-ring (bicyclic) bond motifs is 1. The number of likely N-dealkylation sites (N-methyl/N-ethyl adjacent to an activating group) is 1. The quantitative estimate of drug-likeness (QED) is 0.734. The molecule has 3 rings (SSSR count). The molecule has 0 saturated carbocycles. The van der Waals surface area contributed by atoms with Crippen molar-refractivity contribution in [2.24, 2.45) is 9.98 Å². The number of urea groups is 1. The van der Waals surface area contributed by atoms with E-state index < -0.39 is 17.8 Å². The second-order valence-electron chi connectivity index (χ2n) is 6.71. The fraction of sp³-hybridized carbons (Fsp3) is 0.238. The van der Waals surface area contributed by atoms with Gasteiger partial charge in [-0.2, -0.15) is 13.2 Å². The molecule has 162 valence electrons. The summed E-state index contributed by atoms with van der Waals surface area (Å²) in [5, 5.41) is 2.64. The molecule has 7 nitrogen and oxygen atoms in total. The summed E-state index contributed by atoms with van der Waals surface area (Å²) in [5.74, 6) is 0.546. The van der Waals surface area contributed by atoms with Gasteiger partial charge in [-0.05, 0) is 37.9 Å². The van der Waals surface area contributed by atoms with Gasteiger partial charge in [-0.25, -0.2) is 14.8 Å². The maximum atomic E-state index is 13.1.